The average Bonchev–Trinajstić information content (AvgIpc) is 2.83. The Morgan fingerprint density at radius 3 is 2.57 bits per heavy atom. The van der Waals surface area contributed by atoms with E-state index >= 15 is 0 Å². The number of esters is 1. The molecule has 2 rings (SSSR count). The lowest BCUT2D eigenvalue weighted by atomic mass is 9.95. The van der Waals surface area contributed by atoms with Crippen LogP contribution in [0.2, 0.25) is 0 Å². The van der Waals surface area contributed by atoms with Crippen LogP contribution in [0.4, 0.5) is 0 Å². The number of rotatable bonds is 6. The molecule has 0 amide bonds. The van der Waals surface area contributed by atoms with E-state index in [1.807, 2.05) is 13.8 Å². The number of hydrogen-bond donors (Lipinski definition) is 1. The van der Waals surface area contributed by atoms with Gasteiger partial charge in [0.05, 0.1) is 19.6 Å². The van der Waals surface area contributed by atoms with Crippen molar-refractivity contribution in [2.75, 3.05) is 13.2 Å². The summed E-state index contributed by atoms with van der Waals surface area (Å²) in [6, 6.07) is 5.08. The summed E-state index contributed by atoms with van der Waals surface area (Å²) in [5.74, 6) is -1.31. The van der Waals surface area contributed by atoms with E-state index in [-0.39, 0.29) is 6.42 Å². The average molecular weight is 294 g/mol. The van der Waals surface area contributed by atoms with E-state index in [9.17, 15) is 14.7 Å². The van der Waals surface area contributed by atoms with Crippen molar-refractivity contribution in [3.8, 4) is 11.5 Å². The van der Waals surface area contributed by atoms with Crippen LogP contribution in [-0.4, -0.2) is 30.3 Å². The van der Waals surface area contributed by atoms with Gasteiger partial charge in [-0.25, -0.2) is 0 Å². The van der Waals surface area contributed by atoms with Crippen molar-refractivity contribution in [1.82, 2.24) is 0 Å². The summed E-state index contributed by atoms with van der Waals surface area (Å²) in [5, 5.41) is 9.19. The fourth-order valence-electron chi connectivity index (χ4n) is 2.32. The van der Waals surface area contributed by atoms with Gasteiger partial charge in [-0.15, -0.1) is 0 Å². The third kappa shape index (κ3) is 3.26. The Labute approximate surface area is 122 Å². The fraction of sp³-hybridized carbons (Fsp3) is 0.467. The molecule has 1 aromatic rings. The Morgan fingerprint density at radius 1 is 1.29 bits per heavy atom. The molecule has 2 unspecified atom stereocenters. The number of carbonyl (C=O) groups is 2. The first-order chi connectivity index (χ1) is 10.1. The molecule has 0 aromatic heterocycles. The molecule has 0 aliphatic carbocycles. The first kappa shape index (κ1) is 15.2. The summed E-state index contributed by atoms with van der Waals surface area (Å²) in [6.45, 7) is 4.66. The molecule has 6 heteroatoms. The van der Waals surface area contributed by atoms with E-state index in [0.29, 0.717) is 30.3 Å². The van der Waals surface area contributed by atoms with E-state index in [4.69, 9.17) is 14.2 Å². The van der Waals surface area contributed by atoms with Gasteiger partial charge in [0.2, 0.25) is 0 Å². The maximum Gasteiger partial charge on any atom is 0.311 e. The summed E-state index contributed by atoms with van der Waals surface area (Å²) in [5.41, 5.74) is 0.597. The van der Waals surface area contributed by atoms with Gasteiger partial charge >= 0.3 is 11.9 Å². The Bertz CT molecular complexity index is 539. The topological polar surface area (TPSA) is 82.1 Å². The lowest BCUT2D eigenvalue weighted by Gasteiger charge is -2.17. The van der Waals surface area contributed by atoms with Gasteiger partial charge in [-0.05, 0) is 31.5 Å². The Hall–Kier alpha value is -2.24. The summed E-state index contributed by atoms with van der Waals surface area (Å²) >= 11 is 0. The molecule has 0 saturated carbocycles. The van der Waals surface area contributed by atoms with E-state index < -0.39 is 24.0 Å². The molecule has 1 heterocycles. The summed E-state index contributed by atoms with van der Waals surface area (Å²) in [6.07, 6.45) is -0.901. The van der Waals surface area contributed by atoms with Gasteiger partial charge in [-0.3, -0.25) is 9.59 Å². The van der Waals surface area contributed by atoms with Gasteiger partial charge in [0.1, 0.15) is 12.0 Å². The first-order valence-electron chi connectivity index (χ1n) is 6.88. The molecule has 1 saturated heterocycles. The fourth-order valence-corrected chi connectivity index (χ4v) is 2.32. The molecular weight excluding hydrogens is 276 g/mol. The molecular formula is C15H18O6. The SMILES string of the molecule is CCOc1ccc(C2OC(=O)CC2C(=O)O)cc1OCC. The lowest BCUT2D eigenvalue weighted by molar-refractivity contribution is -0.144. The second-order valence-corrected chi connectivity index (χ2v) is 4.63. The highest BCUT2D eigenvalue weighted by Gasteiger charge is 2.41. The van der Waals surface area contributed by atoms with E-state index in [0.717, 1.165) is 0 Å². The largest absolute Gasteiger partial charge is 0.490 e. The molecule has 1 aliphatic rings. The molecule has 1 fully saturated rings. The van der Waals surface area contributed by atoms with Crippen molar-refractivity contribution in [2.24, 2.45) is 5.92 Å². The summed E-state index contributed by atoms with van der Waals surface area (Å²) < 4.78 is 16.1. The maximum atomic E-state index is 11.4. The number of carbonyl (C=O) groups excluding carboxylic acids is 1. The quantitative estimate of drug-likeness (QED) is 0.810. The zero-order valence-electron chi connectivity index (χ0n) is 12.0. The first-order valence-corrected chi connectivity index (χ1v) is 6.88. The van der Waals surface area contributed by atoms with Crippen LogP contribution < -0.4 is 9.47 Å². The van der Waals surface area contributed by atoms with Gasteiger partial charge in [-0.2, -0.15) is 0 Å². The molecule has 0 bridgehead atoms. The third-order valence-electron chi connectivity index (χ3n) is 3.22. The Kier molecular flexibility index (Phi) is 4.67. The van der Waals surface area contributed by atoms with Crippen LogP contribution in [0, 0.1) is 5.92 Å². The molecule has 1 N–H and O–H groups in total. The molecule has 114 valence electrons. The minimum absolute atomic E-state index is 0.114. The number of aliphatic carboxylic acids is 1. The van der Waals surface area contributed by atoms with Crippen LogP contribution in [0.3, 0.4) is 0 Å². The number of carboxylic acid groups (broad SMARTS) is 1. The van der Waals surface area contributed by atoms with Crippen molar-refractivity contribution in [1.29, 1.82) is 0 Å². The van der Waals surface area contributed by atoms with Crippen molar-refractivity contribution in [3.63, 3.8) is 0 Å². The molecule has 6 nitrogen and oxygen atoms in total. The van der Waals surface area contributed by atoms with Crippen LogP contribution >= 0.6 is 0 Å². The van der Waals surface area contributed by atoms with Crippen molar-refractivity contribution in [3.05, 3.63) is 23.8 Å². The maximum absolute atomic E-state index is 11.4. The van der Waals surface area contributed by atoms with Crippen molar-refractivity contribution < 1.29 is 28.9 Å². The van der Waals surface area contributed by atoms with Crippen LogP contribution in [0.5, 0.6) is 11.5 Å². The second kappa shape index (κ2) is 6.47. The minimum Gasteiger partial charge on any atom is -0.490 e. The van der Waals surface area contributed by atoms with Crippen LogP contribution in [0.1, 0.15) is 31.9 Å². The smallest absolute Gasteiger partial charge is 0.311 e. The standard InChI is InChI=1S/C15H18O6/c1-3-19-11-6-5-9(7-12(11)20-4-2)14-10(15(17)18)8-13(16)21-14/h5-7,10,14H,3-4,8H2,1-2H3,(H,17,18). The predicted octanol–water partition coefficient (Wildman–Crippen LogP) is 2.17. The predicted molar refractivity (Wildman–Crippen MR) is 73.4 cm³/mol. The normalized spacial score (nSPS) is 21.0. The highest BCUT2D eigenvalue weighted by atomic mass is 16.6. The van der Waals surface area contributed by atoms with E-state index in [2.05, 4.69) is 0 Å². The lowest BCUT2D eigenvalue weighted by Crippen LogP contribution is -2.17. The van der Waals surface area contributed by atoms with E-state index in [1.165, 1.54) is 0 Å². The number of hydrogen-bond acceptors (Lipinski definition) is 5. The second-order valence-electron chi connectivity index (χ2n) is 4.63. The van der Waals surface area contributed by atoms with Gasteiger partial charge in [0.25, 0.3) is 0 Å². The van der Waals surface area contributed by atoms with Crippen LogP contribution in [0.15, 0.2) is 18.2 Å². The van der Waals surface area contributed by atoms with Crippen molar-refractivity contribution >= 4 is 11.9 Å². The summed E-state index contributed by atoms with van der Waals surface area (Å²) in [7, 11) is 0. The molecule has 0 radical (unpaired) electrons. The minimum atomic E-state index is -1.04. The van der Waals surface area contributed by atoms with Crippen LogP contribution in [0.25, 0.3) is 0 Å². The highest BCUT2D eigenvalue weighted by molar-refractivity contribution is 5.82. The Morgan fingerprint density at radius 2 is 1.95 bits per heavy atom. The molecule has 0 spiro atoms. The van der Waals surface area contributed by atoms with Gasteiger partial charge in [-0.1, -0.05) is 6.07 Å². The third-order valence-corrected chi connectivity index (χ3v) is 3.22. The number of cyclic esters (lactones) is 1. The van der Waals surface area contributed by atoms with Gasteiger partial charge in [0.15, 0.2) is 11.5 Å². The zero-order chi connectivity index (χ0) is 15.4. The Balaban J connectivity index is 2.32. The van der Waals surface area contributed by atoms with E-state index in [1.54, 1.807) is 18.2 Å². The zero-order valence-corrected chi connectivity index (χ0v) is 12.0. The molecule has 2 atom stereocenters. The number of carboxylic acids is 1. The van der Waals surface area contributed by atoms with Crippen molar-refractivity contribution in [2.45, 2.75) is 26.4 Å². The molecule has 1 aliphatic heterocycles. The highest BCUT2D eigenvalue weighted by Crippen LogP contribution is 2.39. The van der Waals surface area contributed by atoms with Gasteiger partial charge < -0.3 is 19.3 Å². The number of benzene rings is 1. The molecule has 1 aromatic carbocycles. The molecule has 21 heavy (non-hydrogen) atoms. The number of ether oxygens (including phenoxy) is 3. The summed E-state index contributed by atoms with van der Waals surface area (Å²) in [4.78, 5) is 22.6. The van der Waals surface area contributed by atoms with Gasteiger partial charge in [0, 0.05) is 0 Å². The monoisotopic (exact) mass is 294 g/mol. The van der Waals surface area contributed by atoms with Crippen LogP contribution in [-0.2, 0) is 14.3 Å².